The van der Waals surface area contributed by atoms with Gasteiger partial charge in [-0.2, -0.15) is 0 Å². The van der Waals surface area contributed by atoms with Crippen LogP contribution in [0, 0.1) is 16.7 Å². The molecule has 3 unspecified atom stereocenters. The van der Waals surface area contributed by atoms with Crippen LogP contribution in [0.4, 0.5) is 0 Å². The number of allylic oxidation sites excluding steroid dienone is 3. The Morgan fingerprint density at radius 1 is 1.40 bits per heavy atom. The van der Waals surface area contributed by atoms with Crippen molar-refractivity contribution in [2.75, 3.05) is 6.61 Å². The van der Waals surface area contributed by atoms with Crippen LogP contribution in [0.25, 0.3) is 0 Å². The fourth-order valence-corrected chi connectivity index (χ4v) is 4.86. The van der Waals surface area contributed by atoms with Gasteiger partial charge in [-0.05, 0) is 69.1 Å². The van der Waals surface area contributed by atoms with Crippen LogP contribution in [0.2, 0.25) is 0 Å². The van der Waals surface area contributed by atoms with E-state index in [2.05, 4.69) is 33.8 Å². The molecule has 2 aliphatic carbocycles. The Bertz CT molecular complexity index is 406. The Balaban J connectivity index is 2.14. The lowest BCUT2D eigenvalue weighted by Gasteiger charge is -2.55. The lowest BCUT2D eigenvalue weighted by atomic mass is 9.50. The normalized spacial score (nSPS) is 38.4. The van der Waals surface area contributed by atoms with Crippen LogP contribution < -0.4 is 0 Å². The van der Waals surface area contributed by atoms with E-state index in [1.807, 2.05) is 6.08 Å². The van der Waals surface area contributed by atoms with Gasteiger partial charge in [-0.1, -0.05) is 43.6 Å². The molecule has 0 radical (unpaired) electrons. The summed E-state index contributed by atoms with van der Waals surface area (Å²) in [5, 5.41) is 9.02. The van der Waals surface area contributed by atoms with Crippen molar-refractivity contribution in [3.8, 4) is 0 Å². The molecule has 2 aliphatic rings. The molecular weight excluding hydrogens is 244 g/mol. The van der Waals surface area contributed by atoms with E-state index in [9.17, 15) is 0 Å². The molecule has 114 valence electrons. The zero-order valence-electron chi connectivity index (χ0n) is 13.8. The highest BCUT2D eigenvalue weighted by atomic mass is 16.2. The van der Waals surface area contributed by atoms with Gasteiger partial charge in [0.15, 0.2) is 0 Å². The summed E-state index contributed by atoms with van der Waals surface area (Å²) in [6.45, 7) is 9.74. The zero-order valence-corrected chi connectivity index (χ0v) is 13.8. The van der Waals surface area contributed by atoms with Crippen molar-refractivity contribution >= 4 is 0 Å². The number of aliphatic hydroxyl groups excluding tert-OH is 1. The predicted molar refractivity (Wildman–Crippen MR) is 86.6 cm³/mol. The van der Waals surface area contributed by atoms with Gasteiger partial charge in [-0.25, -0.2) is 0 Å². The maximum Gasteiger partial charge on any atom is 0.0614 e. The molecule has 1 fully saturated rings. The topological polar surface area (TPSA) is 20.2 Å². The van der Waals surface area contributed by atoms with Gasteiger partial charge in [0.1, 0.15) is 0 Å². The van der Waals surface area contributed by atoms with Gasteiger partial charge in [0.25, 0.3) is 0 Å². The lowest BCUT2D eigenvalue weighted by Crippen LogP contribution is -2.45. The first-order chi connectivity index (χ1) is 9.42. The average Bonchev–Trinajstić information content (AvgIpc) is 2.39. The molecule has 0 bridgehead atoms. The Kier molecular flexibility index (Phi) is 4.79. The first-order valence-electron chi connectivity index (χ1n) is 8.36. The molecule has 0 aliphatic heterocycles. The molecule has 1 N–H and O–H groups in total. The maximum atomic E-state index is 9.02. The summed E-state index contributed by atoms with van der Waals surface area (Å²) in [7, 11) is 0. The van der Waals surface area contributed by atoms with E-state index in [1.165, 1.54) is 44.1 Å². The first kappa shape index (κ1) is 15.8. The van der Waals surface area contributed by atoms with Crippen molar-refractivity contribution in [1.82, 2.24) is 0 Å². The minimum absolute atomic E-state index is 0.186. The third-order valence-corrected chi connectivity index (χ3v) is 6.39. The largest absolute Gasteiger partial charge is 0.392 e. The molecule has 0 heterocycles. The van der Waals surface area contributed by atoms with Crippen LogP contribution >= 0.6 is 0 Å². The molecule has 0 aromatic heterocycles. The Hall–Kier alpha value is -0.560. The van der Waals surface area contributed by atoms with Crippen LogP contribution in [-0.4, -0.2) is 11.7 Å². The van der Waals surface area contributed by atoms with Gasteiger partial charge in [0.05, 0.1) is 6.61 Å². The van der Waals surface area contributed by atoms with Crippen LogP contribution in [0.15, 0.2) is 23.3 Å². The molecule has 3 atom stereocenters. The molecule has 1 saturated carbocycles. The third kappa shape index (κ3) is 2.88. The summed E-state index contributed by atoms with van der Waals surface area (Å²) in [6, 6.07) is 0. The molecule has 0 saturated heterocycles. The molecule has 0 aromatic rings. The molecule has 1 nitrogen and oxygen atoms in total. The highest BCUT2D eigenvalue weighted by molar-refractivity contribution is 5.20. The van der Waals surface area contributed by atoms with Crippen LogP contribution in [-0.2, 0) is 0 Å². The van der Waals surface area contributed by atoms with E-state index in [-0.39, 0.29) is 6.61 Å². The van der Waals surface area contributed by atoms with Crippen molar-refractivity contribution in [3.63, 3.8) is 0 Å². The van der Waals surface area contributed by atoms with Gasteiger partial charge in [-0.3, -0.25) is 0 Å². The highest BCUT2D eigenvalue weighted by Crippen LogP contribution is 2.59. The summed E-state index contributed by atoms with van der Waals surface area (Å²) >= 11 is 0. The number of rotatable bonds is 4. The summed E-state index contributed by atoms with van der Waals surface area (Å²) < 4.78 is 0. The standard InChI is InChI=1S/C19H32O/c1-15(10-14-20)9-13-18(3)11-6-12-19(4)16(2)7-5-8-17(18)19/h7,10,17,20H,5-6,8-9,11-14H2,1-4H3/b15-10+. The summed E-state index contributed by atoms with van der Waals surface area (Å²) in [4.78, 5) is 0. The molecular formula is C19H32O. The number of aliphatic hydroxyl groups is 1. The van der Waals surface area contributed by atoms with Crippen molar-refractivity contribution in [2.24, 2.45) is 16.7 Å². The predicted octanol–water partition coefficient (Wildman–Crippen LogP) is 5.26. The Morgan fingerprint density at radius 3 is 2.85 bits per heavy atom. The SMILES string of the molecule is CC1=CCCC2C(C)(CC/C(C)=C/CO)CCCC12C. The smallest absolute Gasteiger partial charge is 0.0614 e. The Labute approximate surface area is 125 Å². The van der Waals surface area contributed by atoms with E-state index in [1.54, 1.807) is 5.57 Å². The van der Waals surface area contributed by atoms with E-state index in [4.69, 9.17) is 5.11 Å². The Morgan fingerprint density at radius 2 is 2.15 bits per heavy atom. The fourth-order valence-electron chi connectivity index (χ4n) is 4.86. The van der Waals surface area contributed by atoms with Gasteiger partial charge < -0.3 is 5.11 Å². The van der Waals surface area contributed by atoms with E-state index in [0.29, 0.717) is 10.8 Å². The van der Waals surface area contributed by atoms with Crippen molar-refractivity contribution < 1.29 is 5.11 Å². The van der Waals surface area contributed by atoms with Gasteiger partial charge in [0, 0.05) is 0 Å². The average molecular weight is 276 g/mol. The van der Waals surface area contributed by atoms with E-state index < -0.39 is 0 Å². The van der Waals surface area contributed by atoms with E-state index >= 15 is 0 Å². The van der Waals surface area contributed by atoms with Gasteiger partial charge in [-0.15, -0.1) is 0 Å². The quantitative estimate of drug-likeness (QED) is 0.695. The molecule has 0 aromatic carbocycles. The van der Waals surface area contributed by atoms with Gasteiger partial charge in [0.2, 0.25) is 0 Å². The van der Waals surface area contributed by atoms with Crippen LogP contribution in [0.3, 0.4) is 0 Å². The third-order valence-electron chi connectivity index (χ3n) is 6.39. The zero-order chi connectivity index (χ0) is 14.8. The van der Waals surface area contributed by atoms with Crippen LogP contribution in [0.5, 0.6) is 0 Å². The molecule has 20 heavy (non-hydrogen) atoms. The van der Waals surface area contributed by atoms with E-state index in [0.717, 1.165) is 12.3 Å². The van der Waals surface area contributed by atoms with Crippen LogP contribution in [0.1, 0.15) is 72.6 Å². The maximum absolute atomic E-state index is 9.02. The molecule has 1 heteroatoms. The molecule has 0 amide bonds. The minimum atomic E-state index is 0.186. The summed E-state index contributed by atoms with van der Waals surface area (Å²) in [6.07, 6.45) is 13.7. The molecule has 2 rings (SSSR count). The summed E-state index contributed by atoms with van der Waals surface area (Å²) in [5.41, 5.74) is 3.92. The lowest BCUT2D eigenvalue weighted by molar-refractivity contribution is -0.00446. The first-order valence-corrected chi connectivity index (χ1v) is 8.36. The number of hydrogen-bond acceptors (Lipinski definition) is 1. The van der Waals surface area contributed by atoms with Crippen molar-refractivity contribution in [3.05, 3.63) is 23.3 Å². The monoisotopic (exact) mass is 276 g/mol. The second-order valence-electron chi connectivity index (χ2n) is 7.68. The number of fused-ring (bicyclic) bond motifs is 1. The second-order valence-corrected chi connectivity index (χ2v) is 7.68. The molecule has 0 spiro atoms. The second kappa shape index (κ2) is 6.05. The highest BCUT2D eigenvalue weighted by Gasteiger charge is 2.49. The van der Waals surface area contributed by atoms with Crippen molar-refractivity contribution in [2.45, 2.75) is 72.6 Å². The number of hydrogen-bond donors (Lipinski definition) is 1. The van der Waals surface area contributed by atoms with Crippen molar-refractivity contribution in [1.29, 1.82) is 0 Å². The fraction of sp³-hybridized carbons (Fsp3) is 0.789. The van der Waals surface area contributed by atoms with Gasteiger partial charge >= 0.3 is 0 Å². The minimum Gasteiger partial charge on any atom is -0.392 e. The summed E-state index contributed by atoms with van der Waals surface area (Å²) in [5.74, 6) is 0.843.